The zero-order valence-corrected chi connectivity index (χ0v) is 9.10. The molecule has 3 nitrogen and oxygen atoms in total. The normalized spacial score (nSPS) is 13.8. The molecule has 1 aromatic rings. The maximum Gasteiger partial charge on any atom is 0.228 e. The summed E-state index contributed by atoms with van der Waals surface area (Å²) in [5.41, 5.74) is 3.29. The monoisotopic (exact) mass is 224 g/mol. The minimum atomic E-state index is 0.0843. The Morgan fingerprint density at radius 2 is 2.33 bits per heavy atom. The van der Waals surface area contributed by atoms with Crippen molar-refractivity contribution in [3.63, 3.8) is 0 Å². The van der Waals surface area contributed by atoms with E-state index >= 15 is 0 Å². The van der Waals surface area contributed by atoms with Crippen LogP contribution in [0.5, 0.6) is 0 Å². The van der Waals surface area contributed by atoms with E-state index in [9.17, 15) is 4.79 Å². The third kappa shape index (κ3) is 2.49. The van der Waals surface area contributed by atoms with Gasteiger partial charge in [-0.1, -0.05) is 12.1 Å². The van der Waals surface area contributed by atoms with Crippen molar-refractivity contribution in [2.75, 3.05) is 17.9 Å². The third-order valence-electron chi connectivity index (χ3n) is 2.48. The fourth-order valence-electron chi connectivity index (χ4n) is 1.74. The average molecular weight is 225 g/mol. The van der Waals surface area contributed by atoms with E-state index in [4.69, 9.17) is 11.6 Å². The Labute approximate surface area is 93.8 Å². The number of hydrogen-bond donors (Lipinski definition) is 2. The number of alkyl halides is 1. The molecule has 0 aromatic heterocycles. The van der Waals surface area contributed by atoms with Gasteiger partial charge in [-0.25, -0.2) is 0 Å². The number of amides is 1. The van der Waals surface area contributed by atoms with Gasteiger partial charge in [0.2, 0.25) is 5.91 Å². The number of fused-ring (bicyclic) bond motifs is 1. The van der Waals surface area contributed by atoms with Gasteiger partial charge < -0.3 is 10.6 Å². The van der Waals surface area contributed by atoms with E-state index < -0.39 is 0 Å². The maximum absolute atomic E-state index is 11.1. The summed E-state index contributed by atoms with van der Waals surface area (Å²) in [6.45, 7) is 0.865. The summed E-state index contributed by atoms with van der Waals surface area (Å²) in [4.78, 5) is 11.1. The Hall–Kier alpha value is -1.06. The molecule has 0 spiro atoms. The molecule has 1 aliphatic rings. The highest BCUT2D eigenvalue weighted by Crippen LogP contribution is 2.23. The number of rotatable bonds is 4. The van der Waals surface area contributed by atoms with Crippen LogP contribution in [-0.2, 0) is 17.6 Å². The summed E-state index contributed by atoms with van der Waals surface area (Å²) in [6.07, 6.45) is 1.44. The second-order valence-corrected chi connectivity index (χ2v) is 3.87. The lowest BCUT2D eigenvalue weighted by atomic mass is 10.1. The highest BCUT2D eigenvalue weighted by Gasteiger charge is 2.16. The number of benzene rings is 1. The lowest BCUT2D eigenvalue weighted by molar-refractivity contribution is -0.115. The molecule has 80 valence electrons. The zero-order valence-electron chi connectivity index (χ0n) is 8.35. The lowest BCUT2D eigenvalue weighted by Gasteiger charge is -2.04. The van der Waals surface area contributed by atoms with E-state index in [2.05, 4.69) is 16.7 Å². The Balaban J connectivity index is 2.03. The molecule has 4 heteroatoms. The number of nitrogens with one attached hydrogen (secondary N) is 2. The van der Waals surface area contributed by atoms with Crippen LogP contribution in [0.1, 0.15) is 11.1 Å². The molecule has 0 radical (unpaired) electrons. The van der Waals surface area contributed by atoms with Gasteiger partial charge in [-0.2, -0.15) is 0 Å². The van der Waals surface area contributed by atoms with Crippen molar-refractivity contribution in [2.24, 2.45) is 0 Å². The van der Waals surface area contributed by atoms with Crippen molar-refractivity contribution >= 4 is 23.2 Å². The highest BCUT2D eigenvalue weighted by atomic mass is 35.5. The summed E-state index contributed by atoms with van der Waals surface area (Å²) in [6, 6.07) is 6.57. The van der Waals surface area contributed by atoms with Crippen molar-refractivity contribution in [2.45, 2.75) is 12.8 Å². The van der Waals surface area contributed by atoms with Crippen LogP contribution in [0.3, 0.4) is 0 Å². The minimum Gasteiger partial charge on any atom is -0.326 e. The van der Waals surface area contributed by atoms with Gasteiger partial charge in [-0.3, -0.25) is 4.79 Å². The van der Waals surface area contributed by atoms with Crippen molar-refractivity contribution in [3.05, 3.63) is 29.3 Å². The Bertz CT molecular complexity index is 379. The van der Waals surface area contributed by atoms with Gasteiger partial charge in [0.15, 0.2) is 0 Å². The number of anilines is 1. The summed E-state index contributed by atoms with van der Waals surface area (Å²) in [5.74, 6) is 0.0843. The minimum absolute atomic E-state index is 0.0843. The molecule has 2 rings (SSSR count). The summed E-state index contributed by atoms with van der Waals surface area (Å²) < 4.78 is 0. The molecule has 1 amide bonds. The second kappa shape index (κ2) is 4.64. The second-order valence-electron chi connectivity index (χ2n) is 3.60. The van der Waals surface area contributed by atoms with Crippen LogP contribution in [0.2, 0.25) is 0 Å². The van der Waals surface area contributed by atoms with E-state index in [1.54, 1.807) is 0 Å². The smallest absolute Gasteiger partial charge is 0.228 e. The van der Waals surface area contributed by atoms with Gasteiger partial charge in [0.05, 0.1) is 12.4 Å². The Morgan fingerprint density at radius 3 is 3.13 bits per heavy atom. The van der Waals surface area contributed by atoms with Crippen LogP contribution in [0.15, 0.2) is 18.2 Å². The van der Waals surface area contributed by atoms with E-state index in [0.29, 0.717) is 12.4 Å². The molecule has 0 bridgehead atoms. The van der Waals surface area contributed by atoms with Crippen LogP contribution in [0.4, 0.5) is 5.69 Å². The molecule has 0 unspecified atom stereocenters. The van der Waals surface area contributed by atoms with E-state index in [1.807, 2.05) is 12.1 Å². The van der Waals surface area contributed by atoms with E-state index in [1.165, 1.54) is 5.56 Å². The average Bonchev–Trinajstić information content (AvgIpc) is 2.57. The number of carbonyl (C=O) groups is 1. The predicted octanol–water partition coefficient (Wildman–Crippen LogP) is 1.51. The molecule has 2 N–H and O–H groups in total. The summed E-state index contributed by atoms with van der Waals surface area (Å²) in [5, 5.41) is 5.87. The lowest BCUT2D eigenvalue weighted by Crippen LogP contribution is -2.14. The Morgan fingerprint density at radius 1 is 1.47 bits per heavy atom. The predicted molar refractivity (Wildman–Crippen MR) is 61.2 cm³/mol. The highest BCUT2D eigenvalue weighted by molar-refractivity contribution is 6.17. The first kappa shape index (κ1) is 10.5. The first-order valence-electron chi connectivity index (χ1n) is 4.98. The molecule has 1 aromatic carbocycles. The van der Waals surface area contributed by atoms with Crippen LogP contribution < -0.4 is 10.6 Å². The van der Waals surface area contributed by atoms with Gasteiger partial charge in [-0.05, 0) is 23.6 Å². The van der Waals surface area contributed by atoms with Crippen LogP contribution >= 0.6 is 11.6 Å². The topological polar surface area (TPSA) is 41.1 Å². The molecule has 1 heterocycles. The van der Waals surface area contributed by atoms with E-state index in [-0.39, 0.29) is 5.91 Å². The standard InChI is InChI=1S/C11H13ClN2O/c12-7-13-4-3-8-1-2-10-9(5-8)6-11(15)14-10/h1-2,5,13H,3-4,6-7H2,(H,14,15). The van der Waals surface area contributed by atoms with Gasteiger partial charge >= 0.3 is 0 Å². The van der Waals surface area contributed by atoms with Crippen molar-refractivity contribution in [1.29, 1.82) is 0 Å². The van der Waals surface area contributed by atoms with Gasteiger partial charge in [0.1, 0.15) is 0 Å². The van der Waals surface area contributed by atoms with Crippen molar-refractivity contribution < 1.29 is 4.79 Å². The van der Waals surface area contributed by atoms with Crippen molar-refractivity contribution in [1.82, 2.24) is 5.32 Å². The molecular formula is C11H13ClN2O. The first-order chi connectivity index (χ1) is 7.29. The largest absolute Gasteiger partial charge is 0.326 e. The SMILES string of the molecule is O=C1Cc2cc(CCNCCl)ccc2N1. The summed E-state index contributed by atoms with van der Waals surface area (Å²) >= 11 is 5.51. The third-order valence-corrected chi connectivity index (χ3v) is 2.67. The molecule has 0 saturated carbocycles. The van der Waals surface area contributed by atoms with Crippen LogP contribution in [0.25, 0.3) is 0 Å². The first-order valence-corrected chi connectivity index (χ1v) is 5.51. The molecular weight excluding hydrogens is 212 g/mol. The fourth-order valence-corrected chi connectivity index (χ4v) is 1.87. The molecule has 0 saturated heterocycles. The number of carbonyl (C=O) groups excluding carboxylic acids is 1. The zero-order chi connectivity index (χ0) is 10.7. The quantitative estimate of drug-likeness (QED) is 0.463. The van der Waals surface area contributed by atoms with Crippen LogP contribution in [-0.4, -0.2) is 18.5 Å². The van der Waals surface area contributed by atoms with Gasteiger partial charge in [0, 0.05) is 12.2 Å². The molecule has 0 aliphatic carbocycles. The number of halogens is 1. The van der Waals surface area contributed by atoms with Crippen molar-refractivity contribution in [3.8, 4) is 0 Å². The number of hydrogen-bond acceptors (Lipinski definition) is 2. The van der Waals surface area contributed by atoms with Gasteiger partial charge in [-0.15, -0.1) is 11.6 Å². The fraction of sp³-hybridized carbons (Fsp3) is 0.364. The Kier molecular flexibility index (Phi) is 3.23. The van der Waals surface area contributed by atoms with Gasteiger partial charge in [0.25, 0.3) is 0 Å². The molecule has 0 fully saturated rings. The maximum atomic E-state index is 11.1. The molecule has 0 atom stereocenters. The molecule has 15 heavy (non-hydrogen) atoms. The van der Waals surface area contributed by atoms with E-state index in [0.717, 1.165) is 24.2 Å². The van der Waals surface area contributed by atoms with Crippen LogP contribution in [0, 0.1) is 0 Å². The molecule has 1 aliphatic heterocycles. The summed E-state index contributed by atoms with van der Waals surface area (Å²) in [7, 11) is 0.